The fourth-order valence-corrected chi connectivity index (χ4v) is 1.56. The standard InChI is InChI=1S/C10H7N3O/c14-10-8-5-4-6-2-1-3-7(11-10)9(6)13-12-8/h1-5,12H,(H,11,14). The van der Waals surface area contributed by atoms with Gasteiger partial charge in [0.1, 0.15) is 11.1 Å². The molecule has 4 nitrogen and oxygen atoms in total. The first-order valence-electron chi connectivity index (χ1n) is 4.31. The van der Waals surface area contributed by atoms with Gasteiger partial charge in [-0.15, -0.1) is 0 Å². The number of hydrogen-bond acceptors (Lipinski definition) is 3. The van der Waals surface area contributed by atoms with E-state index in [4.69, 9.17) is 0 Å². The van der Waals surface area contributed by atoms with Gasteiger partial charge in [-0.1, -0.05) is 18.2 Å². The minimum atomic E-state index is -0.152. The molecule has 68 valence electrons. The molecular weight excluding hydrogens is 178 g/mol. The second kappa shape index (κ2) is 2.45. The van der Waals surface area contributed by atoms with E-state index in [-0.39, 0.29) is 5.91 Å². The molecule has 0 fully saturated rings. The molecular formula is C10H7N3O. The fraction of sp³-hybridized carbons (Fsp3) is 0. The van der Waals surface area contributed by atoms with E-state index in [0.29, 0.717) is 5.70 Å². The molecule has 2 aliphatic rings. The Balaban J connectivity index is 2.50. The lowest BCUT2D eigenvalue weighted by Gasteiger charge is -2.04. The Labute approximate surface area is 79.6 Å². The third-order valence-electron chi connectivity index (χ3n) is 2.28. The highest BCUT2D eigenvalue weighted by atomic mass is 16.2. The minimum Gasteiger partial charge on any atom is -0.319 e. The van der Waals surface area contributed by atoms with Crippen molar-refractivity contribution in [3.05, 3.63) is 40.5 Å². The molecule has 1 amide bonds. The van der Waals surface area contributed by atoms with Gasteiger partial charge in [0.25, 0.3) is 5.91 Å². The van der Waals surface area contributed by atoms with Crippen LogP contribution in [-0.4, -0.2) is 5.91 Å². The Morgan fingerprint density at radius 1 is 1.21 bits per heavy atom. The van der Waals surface area contributed by atoms with Gasteiger partial charge in [0.2, 0.25) is 0 Å². The van der Waals surface area contributed by atoms with E-state index in [9.17, 15) is 4.79 Å². The summed E-state index contributed by atoms with van der Waals surface area (Å²) in [6.07, 6.45) is 3.62. The van der Waals surface area contributed by atoms with E-state index < -0.39 is 0 Å². The topological polar surface area (TPSA) is 53.5 Å². The van der Waals surface area contributed by atoms with Crippen molar-refractivity contribution in [3.63, 3.8) is 0 Å². The summed E-state index contributed by atoms with van der Waals surface area (Å²) in [5.41, 5.74) is 3.95. The summed E-state index contributed by atoms with van der Waals surface area (Å²) in [7, 11) is 0. The monoisotopic (exact) mass is 185 g/mol. The number of nitrogens with one attached hydrogen (secondary N) is 2. The van der Waals surface area contributed by atoms with E-state index in [1.165, 1.54) is 0 Å². The van der Waals surface area contributed by atoms with Crippen LogP contribution in [0.2, 0.25) is 0 Å². The van der Waals surface area contributed by atoms with Crippen LogP contribution in [0.4, 0.5) is 5.69 Å². The van der Waals surface area contributed by atoms with Crippen molar-refractivity contribution < 1.29 is 4.79 Å². The van der Waals surface area contributed by atoms with Gasteiger partial charge in [0, 0.05) is 5.22 Å². The normalized spacial score (nSPS) is 16.6. The zero-order chi connectivity index (χ0) is 9.54. The van der Waals surface area contributed by atoms with Crippen LogP contribution in [-0.2, 0) is 4.79 Å². The molecule has 0 aromatic heterocycles. The molecule has 14 heavy (non-hydrogen) atoms. The minimum absolute atomic E-state index is 0.152. The Bertz CT molecular complexity index is 572. The molecule has 2 bridgehead atoms. The Morgan fingerprint density at radius 3 is 3.07 bits per heavy atom. The molecule has 0 spiro atoms. The number of rotatable bonds is 0. The number of carbonyl (C=O) groups is 1. The number of amides is 1. The van der Waals surface area contributed by atoms with E-state index >= 15 is 0 Å². The maximum Gasteiger partial charge on any atom is 0.273 e. The summed E-state index contributed by atoms with van der Waals surface area (Å²) in [5, 5.41) is 8.71. The number of carbonyl (C=O) groups excluding carboxylic acids is 1. The second-order valence-electron chi connectivity index (χ2n) is 3.17. The quantitative estimate of drug-likeness (QED) is 0.569. The van der Waals surface area contributed by atoms with Gasteiger partial charge in [-0.25, -0.2) is 0 Å². The number of hydrogen-bond donors (Lipinski definition) is 2. The van der Waals surface area contributed by atoms with Crippen LogP contribution < -0.4 is 21.3 Å². The SMILES string of the molecule is O=C1Nc2cccc3c2=NNC1=CC=3. The van der Waals surface area contributed by atoms with Crippen LogP contribution in [0.1, 0.15) is 0 Å². The molecule has 2 heterocycles. The number of fused-ring (bicyclic) bond motifs is 2. The molecule has 1 aromatic carbocycles. The first-order chi connectivity index (χ1) is 6.84. The predicted octanol–water partition coefficient (Wildman–Crippen LogP) is -0.559. The van der Waals surface area contributed by atoms with Crippen LogP contribution in [0.25, 0.3) is 6.08 Å². The zero-order valence-corrected chi connectivity index (χ0v) is 7.24. The third kappa shape index (κ3) is 0.877. The molecule has 0 radical (unpaired) electrons. The maximum absolute atomic E-state index is 11.5. The number of allylic oxidation sites excluding steroid dienone is 1. The van der Waals surface area contributed by atoms with Crippen LogP contribution in [0.15, 0.2) is 35.1 Å². The summed E-state index contributed by atoms with van der Waals surface area (Å²) in [5.74, 6) is -0.152. The van der Waals surface area contributed by atoms with Gasteiger partial charge in [0.05, 0.1) is 5.69 Å². The van der Waals surface area contributed by atoms with Gasteiger partial charge >= 0.3 is 0 Å². The van der Waals surface area contributed by atoms with Crippen molar-refractivity contribution in [1.29, 1.82) is 0 Å². The number of benzene rings is 1. The molecule has 0 saturated carbocycles. The van der Waals surface area contributed by atoms with Crippen LogP contribution in [0.3, 0.4) is 0 Å². The first-order valence-corrected chi connectivity index (χ1v) is 4.31. The van der Waals surface area contributed by atoms with Crippen molar-refractivity contribution in [3.8, 4) is 0 Å². The Hall–Kier alpha value is -2.10. The average molecular weight is 185 g/mol. The molecule has 0 atom stereocenters. The van der Waals surface area contributed by atoms with Gasteiger partial charge in [-0.2, -0.15) is 5.10 Å². The van der Waals surface area contributed by atoms with E-state index in [1.54, 1.807) is 6.08 Å². The Kier molecular flexibility index (Phi) is 1.28. The lowest BCUT2D eigenvalue weighted by molar-refractivity contribution is -0.113. The van der Waals surface area contributed by atoms with E-state index in [2.05, 4.69) is 15.8 Å². The zero-order valence-electron chi connectivity index (χ0n) is 7.24. The van der Waals surface area contributed by atoms with Crippen molar-refractivity contribution in [2.24, 2.45) is 5.10 Å². The summed E-state index contributed by atoms with van der Waals surface area (Å²) >= 11 is 0. The lowest BCUT2D eigenvalue weighted by atomic mass is 10.2. The van der Waals surface area contributed by atoms with Crippen LogP contribution >= 0.6 is 0 Å². The summed E-state index contributed by atoms with van der Waals surface area (Å²) in [6.45, 7) is 0. The number of para-hydroxylation sites is 1. The molecule has 0 unspecified atom stereocenters. The lowest BCUT2D eigenvalue weighted by Crippen LogP contribution is -2.29. The van der Waals surface area contributed by atoms with Crippen molar-refractivity contribution in [1.82, 2.24) is 5.43 Å². The molecule has 2 aliphatic heterocycles. The van der Waals surface area contributed by atoms with Gasteiger partial charge < -0.3 is 5.32 Å². The molecule has 2 N–H and O–H groups in total. The van der Waals surface area contributed by atoms with Gasteiger partial charge in [0.15, 0.2) is 0 Å². The van der Waals surface area contributed by atoms with Gasteiger partial charge in [-0.05, 0) is 12.1 Å². The molecule has 0 saturated heterocycles. The summed E-state index contributed by atoms with van der Waals surface area (Å²) in [4.78, 5) is 11.5. The van der Waals surface area contributed by atoms with Gasteiger partial charge in [-0.3, -0.25) is 10.2 Å². The highest BCUT2D eigenvalue weighted by molar-refractivity contribution is 6.04. The average Bonchev–Trinajstić information content (AvgIpc) is 2.48. The highest BCUT2D eigenvalue weighted by Crippen LogP contribution is 2.05. The molecule has 1 aromatic rings. The molecule has 4 heteroatoms. The molecule has 0 aliphatic carbocycles. The van der Waals surface area contributed by atoms with E-state index in [0.717, 1.165) is 16.3 Å². The molecule has 3 rings (SSSR count). The predicted molar refractivity (Wildman–Crippen MR) is 51.5 cm³/mol. The highest BCUT2D eigenvalue weighted by Gasteiger charge is 2.15. The first kappa shape index (κ1) is 7.32. The summed E-state index contributed by atoms with van der Waals surface area (Å²) < 4.78 is 0. The van der Waals surface area contributed by atoms with Crippen molar-refractivity contribution >= 4 is 17.7 Å². The third-order valence-corrected chi connectivity index (χ3v) is 2.28. The van der Waals surface area contributed by atoms with Crippen molar-refractivity contribution in [2.45, 2.75) is 0 Å². The smallest absolute Gasteiger partial charge is 0.273 e. The number of nitrogens with zero attached hydrogens (tertiary/aromatic N) is 1. The number of anilines is 1. The van der Waals surface area contributed by atoms with Crippen molar-refractivity contribution in [2.75, 3.05) is 5.32 Å². The second-order valence-corrected chi connectivity index (χ2v) is 3.17. The maximum atomic E-state index is 11.5. The van der Waals surface area contributed by atoms with Crippen LogP contribution in [0.5, 0.6) is 0 Å². The van der Waals surface area contributed by atoms with Crippen LogP contribution in [0, 0.1) is 0 Å². The Morgan fingerprint density at radius 2 is 2.14 bits per heavy atom. The largest absolute Gasteiger partial charge is 0.319 e. The van der Waals surface area contributed by atoms with E-state index in [1.807, 2.05) is 24.3 Å². The fourth-order valence-electron chi connectivity index (χ4n) is 1.56. The summed E-state index contributed by atoms with van der Waals surface area (Å²) in [6, 6.07) is 5.69.